The number of pyridine rings is 1. The second kappa shape index (κ2) is 11.6. The molecule has 37 heavy (non-hydrogen) atoms. The third kappa shape index (κ3) is 5.56. The molecule has 4 rings (SSSR count). The van der Waals surface area contributed by atoms with E-state index in [-0.39, 0.29) is 6.04 Å². The largest absolute Gasteiger partial charge is 0.388 e. The van der Waals surface area contributed by atoms with E-state index in [4.69, 9.17) is 10.1 Å². The first kappa shape index (κ1) is 25.7. The quantitative estimate of drug-likeness (QED) is 0.327. The number of rotatable bonds is 10. The van der Waals surface area contributed by atoms with Gasteiger partial charge in [0.25, 0.3) is 0 Å². The lowest BCUT2D eigenvalue weighted by Gasteiger charge is -2.25. The van der Waals surface area contributed by atoms with Gasteiger partial charge in [0.2, 0.25) is 5.95 Å². The van der Waals surface area contributed by atoms with Gasteiger partial charge in [-0.1, -0.05) is 50.1 Å². The van der Waals surface area contributed by atoms with Crippen molar-refractivity contribution in [1.29, 1.82) is 0 Å². The molecule has 7 nitrogen and oxygen atoms in total. The van der Waals surface area contributed by atoms with Crippen molar-refractivity contribution >= 4 is 22.9 Å². The summed E-state index contributed by atoms with van der Waals surface area (Å²) in [5.41, 5.74) is 6.38. The molecule has 7 heteroatoms. The molecule has 1 unspecified atom stereocenters. The Bertz CT molecular complexity index is 1390. The highest BCUT2D eigenvalue weighted by Crippen LogP contribution is 2.35. The fraction of sp³-hybridized carbons (Fsp3) is 0.233. The van der Waals surface area contributed by atoms with E-state index in [1.165, 1.54) is 0 Å². The molecule has 1 fully saturated rings. The fourth-order valence-electron chi connectivity index (χ4n) is 4.57. The Morgan fingerprint density at radius 3 is 2.73 bits per heavy atom. The predicted octanol–water partition coefficient (Wildman–Crippen LogP) is 6.22. The molecule has 0 aliphatic carbocycles. The smallest absolute Gasteiger partial charge is 0.246 e. The first-order valence-corrected chi connectivity index (χ1v) is 12.5. The third-order valence-corrected chi connectivity index (χ3v) is 6.43. The normalized spacial score (nSPS) is 16.4. The Labute approximate surface area is 219 Å². The number of allylic oxidation sites excluding steroid dienone is 7. The van der Waals surface area contributed by atoms with E-state index < -0.39 is 0 Å². The molecule has 0 radical (unpaired) electrons. The van der Waals surface area contributed by atoms with Crippen LogP contribution in [-0.2, 0) is 0 Å². The molecule has 1 aliphatic heterocycles. The van der Waals surface area contributed by atoms with Crippen molar-refractivity contribution in [1.82, 2.24) is 24.9 Å². The summed E-state index contributed by atoms with van der Waals surface area (Å²) in [7, 11) is 1.85. The molecule has 3 aromatic rings. The van der Waals surface area contributed by atoms with Gasteiger partial charge in [0, 0.05) is 31.2 Å². The van der Waals surface area contributed by atoms with Crippen LogP contribution in [0.15, 0.2) is 104 Å². The summed E-state index contributed by atoms with van der Waals surface area (Å²) < 4.78 is 1.95. The van der Waals surface area contributed by atoms with Gasteiger partial charge in [0.05, 0.1) is 17.4 Å². The first-order valence-electron chi connectivity index (χ1n) is 12.5. The van der Waals surface area contributed by atoms with E-state index in [1.807, 2.05) is 68.0 Å². The fourth-order valence-corrected chi connectivity index (χ4v) is 4.57. The molecule has 1 aliphatic rings. The number of fused-ring (bicyclic) bond motifs is 1. The number of anilines is 2. The Hall–Kier alpha value is -4.39. The van der Waals surface area contributed by atoms with Crippen LogP contribution in [0.3, 0.4) is 0 Å². The third-order valence-electron chi connectivity index (χ3n) is 6.43. The van der Waals surface area contributed by atoms with Crippen molar-refractivity contribution in [2.24, 2.45) is 0 Å². The van der Waals surface area contributed by atoms with Gasteiger partial charge in [-0.25, -0.2) is 4.52 Å². The minimum Gasteiger partial charge on any atom is -0.388 e. The maximum atomic E-state index is 5.03. The minimum absolute atomic E-state index is 0.119. The monoisotopic (exact) mass is 493 g/mol. The molecule has 0 aromatic carbocycles. The molecule has 0 bridgehead atoms. The zero-order valence-electron chi connectivity index (χ0n) is 21.9. The summed E-state index contributed by atoms with van der Waals surface area (Å²) in [6.45, 7) is 17.0. The van der Waals surface area contributed by atoms with Crippen LogP contribution in [0.1, 0.15) is 44.1 Å². The summed E-state index contributed by atoms with van der Waals surface area (Å²) in [6.07, 6.45) is 13.7. The van der Waals surface area contributed by atoms with Crippen molar-refractivity contribution in [3.63, 3.8) is 0 Å². The van der Waals surface area contributed by atoms with Gasteiger partial charge in [-0.05, 0) is 68.2 Å². The Morgan fingerprint density at radius 1 is 1.19 bits per heavy atom. The highest BCUT2D eigenvalue weighted by atomic mass is 15.4. The van der Waals surface area contributed by atoms with E-state index in [9.17, 15) is 0 Å². The summed E-state index contributed by atoms with van der Waals surface area (Å²) in [4.78, 5) is 11.9. The lowest BCUT2D eigenvalue weighted by molar-refractivity contribution is 0.670. The molecule has 0 saturated carbocycles. The molecule has 3 aromatic heterocycles. The lowest BCUT2D eigenvalue weighted by atomic mass is 10.1. The first-order chi connectivity index (χ1) is 18.0. The van der Waals surface area contributed by atoms with Gasteiger partial charge in [0.1, 0.15) is 5.52 Å². The van der Waals surface area contributed by atoms with Crippen molar-refractivity contribution < 1.29 is 0 Å². The van der Waals surface area contributed by atoms with Crippen LogP contribution in [0.5, 0.6) is 0 Å². The van der Waals surface area contributed by atoms with Crippen LogP contribution in [-0.4, -0.2) is 33.2 Å². The van der Waals surface area contributed by atoms with Crippen molar-refractivity contribution in [3.05, 3.63) is 115 Å². The average Bonchev–Trinajstić information content (AvgIpc) is 3.56. The average molecular weight is 494 g/mol. The Kier molecular flexibility index (Phi) is 8.03. The van der Waals surface area contributed by atoms with Crippen LogP contribution in [0.25, 0.3) is 11.1 Å². The van der Waals surface area contributed by atoms with E-state index in [2.05, 4.69) is 58.5 Å². The number of hydrogen-bond donors (Lipinski definition) is 2. The van der Waals surface area contributed by atoms with E-state index >= 15 is 0 Å². The standard InChI is InChI=1S/C30H35N7/c1-7-12-24(13-8-2)26-16-17-28-29(33-22(4)20-21(3)23(5)31-6)34-30(35-37(26)28)36-19-11-15-27(36)25-14-9-10-18-32-25/h7-10,12-14,16-18,20,27,31H,1,4-5,11,15,19H2,2-3,6H3,(H,33,34,35)/b13-8-,21-20+,24-12+. The SMILES string of the molecule is C=C/C=C(\C=C/C)c1ccc2c(NC(=C)/C=C(\C)C(=C)NC)nc(N3CCCC3c3ccccn3)nn12. The van der Waals surface area contributed by atoms with Gasteiger partial charge in [0.15, 0.2) is 5.82 Å². The molecular weight excluding hydrogens is 458 g/mol. The van der Waals surface area contributed by atoms with Crippen LogP contribution < -0.4 is 15.5 Å². The molecule has 1 atom stereocenters. The summed E-state index contributed by atoms with van der Waals surface area (Å²) in [6, 6.07) is 10.2. The number of nitrogens with zero attached hydrogens (tertiary/aromatic N) is 5. The zero-order chi connectivity index (χ0) is 26.4. The summed E-state index contributed by atoms with van der Waals surface area (Å²) in [5, 5.41) is 11.5. The molecule has 4 heterocycles. The second-order valence-electron chi connectivity index (χ2n) is 8.95. The highest BCUT2D eigenvalue weighted by molar-refractivity contribution is 5.80. The van der Waals surface area contributed by atoms with Gasteiger partial charge >= 0.3 is 0 Å². The molecule has 0 amide bonds. The number of likely N-dealkylation sites (N-methyl/N-ethyl adjacent to an activating group) is 1. The maximum Gasteiger partial charge on any atom is 0.246 e. The number of aromatic nitrogens is 4. The van der Waals surface area contributed by atoms with Crippen molar-refractivity contribution in [2.45, 2.75) is 32.7 Å². The molecule has 2 N–H and O–H groups in total. The second-order valence-corrected chi connectivity index (χ2v) is 8.95. The predicted molar refractivity (Wildman–Crippen MR) is 154 cm³/mol. The molecular formula is C30H35N7. The molecule has 0 spiro atoms. The van der Waals surface area contributed by atoms with Crippen LogP contribution >= 0.6 is 0 Å². The van der Waals surface area contributed by atoms with Crippen molar-refractivity contribution in [2.75, 3.05) is 23.8 Å². The van der Waals surface area contributed by atoms with Gasteiger partial charge in [-0.2, -0.15) is 4.98 Å². The summed E-state index contributed by atoms with van der Waals surface area (Å²) in [5.74, 6) is 1.33. The van der Waals surface area contributed by atoms with Gasteiger partial charge in [-0.3, -0.25) is 4.98 Å². The van der Waals surface area contributed by atoms with Crippen molar-refractivity contribution in [3.8, 4) is 0 Å². The van der Waals surface area contributed by atoms with E-state index in [0.717, 1.165) is 53.1 Å². The van der Waals surface area contributed by atoms with Crippen LogP contribution in [0.2, 0.25) is 0 Å². The lowest BCUT2D eigenvalue weighted by Crippen LogP contribution is -2.26. The zero-order valence-corrected chi connectivity index (χ0v) is 21.9. The minimum atomic E-state index is 0.119. The maximum absolute atomic E-state index is 5.03. The van der Waals surface area contributed by atoms with Gasteiger partial charge < -0.3 is 15.5 Å². The van der Waals surface area contributed by atoms with Gasteiger partial charge in [-0.15, -0.1) is 5.10 Å². The van der Waals surface area contributed by atoms with E-state index in [1.54, 1.807) is 6.08 Å². The highest BCUT2D eigenvalue weighted by Gasteiger charge is 2.30. The summed E-state index contributed by atoms with van der Waals surface area (Å²) >= 11 is 0. The van der Waals surface area contributed by atoms with Crippen LogP contribution in [0.4, 0.5) is 11.8 Å². The number of hydrogen-bond acceptors (Lipinski definition) is 6. The van der Waals surface area contributed by atoms with E-state index in [0.29, 0.717) is 17.5 Å². The Balaban J connectivity index is 1.84. The Morgan fingerprint density at radius 2 is 2.03 bits per heavy atom. The number of nitrogens with one attached hydrogen (secondary N) is 2. The molecule has 190 valence electrons. The topological polar surface area (TPSA) is 70.4 Å². The van der Waals surface area contributed by atoms with Crippen LogP contribution in [0, 0.1) is 0 Å². The molecule has 1 saturated heterocycles.